The van der Waals surface area contributed by atoms with Crippen molar-refractivity contribution in [2.75, 3.05) is 31.6 Å². The molecule has 7 heteroatoms. The zero-order valence-electron chi connectivity index (χ0n) is 13.9. The maximum Gasteiger partial charge on any atom is 0.245 e. The first-order chi connectivity index (χ1) is 12.1. The van der Waals surface area contributed by atoms with Crippen molar-refractivity contribution in [2.24, 2.45) is 5.92 Å². The van der Waals surface area contributed by atoms with Crippen molar-refractivity contribution < 1.29 is 19.1 Å². The lowest BCUT2D eigenvalue weighted by atomic mass is 9.95. The lowest BCUT2D eigenvalue weighted by Crippen LogP contribution is -2.40. The first-order valence-corrected chi connectivity index (χ1v) is 8.77. The van der Waals surface area contributed by atoms with Gasteiger partial charge in [0, 0.05) is 37.6 Å². The van der Waals surface area contributed by atoms with Crippen LogP contribution in [0.1, 0.15) is 19.3 Å². The van der Waals surface area contributed by atoms with E-state index < -0.39 is 0 Å². The number of nitrogens with one attached hydrogen (secondary N) is 1. The second kappa shape index (κ2) is 7.78. The molecule has 0 atom stereocenters. The van der Waals surface area contributed by atoms with Crippen LogP contribution in [0.3, 0.4) is 0 Å². The summed E-state index contributed by atoms with van der Waals surface area (Å²) in [4.78, 5) is 25.8. The normalized spacial score (nSPS) is 17.6. The topological polar surface area (TPSA) is 67.9 Å². The third-order valence-electron chi connectivity index (χ3n) is 4.45. The summed E-state index contributed by atoms with van der Waals surface area (Å²) in [6, 6.07) is 3.38. The number of carbonyl (C=O) groups excluding carboxylic acids is 2. The van der Waals surface area contributed by atoms with Gasteiger partial charge in [0.25, 0.3) is 0 Å². The fourth-order valence-corrected chi connectivity index (χ4v) is 3.21. The molecule has 25 heavy (non-hydrogen) atoms. The SMILES string of the molecule is C=CC(=O)N1CCC(C(=O)Nc2cc3c(cc2Cl)OCCCO3)CC1. The molecular weight excluding hydrogens is 344 g/mol. The zero-order valence-corrected chi connectivity index (χ0v) is 14.7. The predicted molar refractivity (Wildman–Crippen MR) is 95.2 cm³/mol. The van der Waals surface area contributed by atoms with Crippen molar-refractivity contribution in [1.82, 2.24) is 4.90 Å². The van der Waals surface area contributed by atoms with Crippen LogP contribution in [0.4, 0.5) is 5.69 Å². The number of rotatable bonds is 3. The van der Waals surface area contributed by atoms with E-state index in [2.05, 4.69) is 11.9 Å². The van der Waals surface area contributed by atoms with Gasteiger partial charge in [-0.2, -0.15) is 0 Å². The fraction of sp³-hybridized carbons (Fsp3) is 0.444. The number of likely N-dealkylation sites (tertiary alicyclic amines) is 1. The summed E-state index contributed by atoms with van der Waals surface area (Å²) in [5, 5.41) is 3.29. The molecule has 2 amide bonds. The van der Waals surface area contributed by atoms with Crippen molar-refractivity contribution in [3.8, 4) is 11.5 Å². The van der Waals surface area contributed by atoms with E-state index in [-0.39, 0.29) is 17.7 Å². The minimum atomic E-state index is -0.152. The average molecular weight is 365 g/mol. The van der Waals surface area contributed by atoms with Crippen LogP contribution in [0, 0.1) is 5.92 Å². The lowest BCUT2D eigenvalue weighted by Gasteiger charge is -2.30. The minimum Gasteiger partial charge on any atom is -0.490 e. The van der Waals surface area contributed by atoms with Crippen molar-refractivity contribution in [3.63, 3.8) is 0 Å². The number of hydrogen-bond acceptors (Lipinski definition) is 4. The molecule has 2 heterocycles. The number of amides is 2. The first kappa shape index (κ1) is 17.6. The average Bonchev–Trinajstić information content (AvgIpc) is 2.86. The van der Waals surface area contributed by atoms with E-state index in [0.717, 1.165) is 6.42 Å². The largest absolute Gasteiger partial charge is 0.490 e. The molecular formula is C18H21ClN2O4. The van der Waals surface area contributed by atoms with Crippen LogP contribution >= 0.6 is 11.6 Å². The fourth-order valence-electron chi connectivity index (χ4n) is 3.01. The number of hydrogen-bond donors (Lipinski definition) is 1. The van der Waals surface area contributed by atoms with E-state index in [1.54, 1.807) is 17.0 Å². The van der Waals surface area contributed by atoms with E-state index in [1.807, 2.05) is 0 Å². The van der Waals surface area contributed by atoms with Gasteiger partial charge in [-0.05, 0) is 18.9 Å². The van der Waals surface area contributed by atoms with E-state index in [0.29, 0.717) is 61.4 Å². The Labute approximate surface area is 151 Å². The van der Waals surface area contributed by atoms with E-state index >= 15 is 0 Å². The molecule has 1 saturated heterocycles. The molecule has 0 saturated carbocycles. The second-order valence-electron chi connectivity index (χ2n) is 6.12. The molecule has 0 unspecified atom stereocenters. The van der Waals surface area contributed by atoms with Crippen molar-refractivity contribution >= 4 is 29.1 Å². The number of anilines is 1. The number of fused-ring (bicyclic) bond motifs is 1. The number of benzene rings is 1. The molecule has 0 radical (unpaired) electrons. The van der Waals surface area contributed by atoms with Gasteiger partial charge in [0.2, 0.25) is 11.8 Å². The van der Waals surface area contributed by atoms with Crippen molar-refractivity contribution in [2.45, 2.75) is 19.3 Å². The van der Waals surface area contributed by atoms with Crippen LogP contribution in [-0.2, 0) is 9.59 Å². The first-order valence-electron chi connectivity index (χ1n) is 8.40. The van der Waals surface area contributed by atoms with E-state index in [1.165, 1.54) is 6.08 Å². The Morgan fingerprint density at radius 3 is 2.48 bits per heavy atom. The summed E-state index contributed by atoms with van der Waals surface area (Å²) in [5.41, 5.74) is 0.514. The number of carbonyl (C=O) groups is 2. The number of ether oxygens (including phenoxy) is 2. The number of nitrogens with zero attached hydrogens (tertiary/aromatic N) is 1. The van der Waals surface area contributed by atoms with Gasteiger partial charge in [-0.15, -0.1) is 0 Å². The van der Waals surface area contributed by atoms with Gasteiger partial charge in [-0.25, -0.2) is 0 Å². The molecule has 1 aromatic carbocycles. The molecule has 2 aliphatic rings. The van der Waals surface area contributed by atoms with Gasteiger partial charge in [-0.3, -0.25) is 9.59 Å². The molecule has 3 rings (SSSR count). The van der Waals surface area contributed by atoms with E-state index in [4.69, 9.17) is 21.1 Å². The van der Waals surface area contributed by atoms with Crippen LogP contribution in [0.5, 0.6) is 11.5 Å². The Morgan fingerprint density at radius 1 is 1.20 bits per heavy atom. The summed E-state index contributed by atoms with van der Waals surface area (Å²) >= 11 is 6.27. The highest BCUT2D eigenvalue weighted by Gasteiger charge is 2.27. The zero-order chi connectivity index (χ0) is 17.8. The quantitative estimate of drug-likeness (QED) is 0.837. The molecule has 0 spiro atoms. The van der Waals surface area contributed by atoms with Gasteiger partial charge >= 0.3 is 0 Å². The van der Waals surface area contributed by atoms with Gasteiger partial charge in [0.1, 0.15) is 0 Å². The van der Waals surface area contributed by atoms with Crippen molar-refractivity contribution in [1.29, 1.82) is 0 Å². The van der Waals surface area contributed by atoms with Crippen LogP contribution < -0.4 is 14.8 Å². The van der Waals surface area contributed by atoms with Crippen LogP contribution in [0.2, 0.25) is 5.02 Å². The Balaban J connectivity index is 1.64. The molecule has 134 valence electrons. The molecule has 6 nitrogen and oxygen atoms in total. The molecule has 2 aliphatic heterocycles. The lowest BCUT2D eigenvalue weighted by molar-refractivity contribution is -0.130. The number of piperidine rings is 1. The smallest absolute Gasteiger partial charge is 0.245 e. The molecule has 1 N–H and O–H groups in total. The highest BCUT2D eigenvalue weighted by molar-refractivity contribution is 6.34. The maximum absolute atomic E-state index is 12.5. The summed E-state index contributed by atoms with van der Waals surface area (Å²) < 4.78 is 11.2. The monoisotopic (exact) mass is 364 g/mol. The summed E-state index contributed by atoms with van der Waals surface area (Å²) in [7, 11) is 0. The maximum atomic E-state index is 12.5. The molecule has 1 aromatic rings. The Bertz CT molecular complexity index is 684. The van der Waals surface area contributed by atoms with Crippen LogP contribution in [-0.4, -0.2) is 43.0 Å². The van der Waals surface area contributed by atoms with Gasteiger partial charge < -0.3 is 19.7 Å². The number of halogens is 1. The molecule has 0 bridgehead atoms. The summed E-state index contributed by atoms with van der Waals surface area (Å²) in [6.45, 7) is 5.74. The van der Waals surface area contributed by atoms with Gasteiger partial charge in [0.15, 0.2) is 11.5 Å². The second-order valence-corrected chi connectivity index (χ2v) is 6.53. The van der Waals surface area contributed by atoms with E-state index in [9.17, 15) is 9.59 Å². The van der Waals surface area contributed by atoms with Crippen molar-refractivity contribution in [3.05, 3.63) is 29.8 Å². The highest BCUT2D eigenvalue weighted by Crippen LogP contribution is 2.38. The minimum absolute atomic E-state index is 0.0928. The molecule has 0 aliphatic carbocycles. The molecule has 0 aromatic heterocycles. The Morgan fingerprint density at radius 2 is 1.84 bits per heavy atom. The third-order valence-corrected chi connectivity index (χ3v) is 4.76. The molecule has 1 fully saturated rings. The van der Waals surface area contributed by atoms with Crippen LogP contribution in [0.15, 0.2) is 24.8 Å². The summed E-state index contributed by atoms with van der Waals surface area (Å²) in [5.74, 6) is 0.841. The Kier molecular flexibility index (Phi) is 5.48. The Hall–Kier alpha value is -2.21. The van der Waals surface area contributed by atoms with Crippen LogP contribution in [0.25, 0.3) is 0 Å². The van der Waals surface area contributed by atoms with Gasteiger partial charge in [-0.1, -0.05) is 18.2 Å². The van der Waals surface area contributed by atoms with Gasteiger partial charge in [0.05, 0.1) is 23.9 Å². The predicted octanol–water partition coefficient (Wildman–Crippen LogP) is 2.86. The third kappa shape index (κ3) is 4.07. The standard InChI is InChI=1S/C18H21ClN2O4/c1-2-17(22)21-6-4-12(5-7-21)18(23)20-14-11-16-15(10-13(14)19)24-8-3-9-25-16/h2,10-12H,1,3-9H2,(H,20,23). The summed E-state index contributed by atoms with van der Waals surface area (Å²) in [6.07, 6.45) is 3.34. The highest BCUT2D eigenvalue weighted by atomic mass is 35.5.